The third-order valence-corrected chi connectivity index (χ3v) is 5.30. The molecule has 0 bridgehead atoms. The van der Waals surface area contributed by atoms with Crippen molar-refractivity contribution in [1.29, 1.82) is 0 Å². The van der Waals surface area contributed by atoms with Gasteiger partial charge in [0.25, 0.3) is 5.91 Å². The second kappa shape index (κ2) is 8.35. The van der Waals surface area contributed by atoms with E-state index in [1.165, 1.54) is 29.0 Å². The Bertz CT molecular complexity index is 951. The number of ether oxygens (including phenoxy) is 1. The topological polar surface area (TPSA) is 38.3 Å². The molecular weight excluding hydrogens is 361 g/mol. The molecule has 0 saturated carbocycles. The smallest absolute Gasteiger partial charge is 0.261 e. The largest absolute Gasteiger partial charge is 0.489 e. The van der Waals surface area contributed by atoms with E-state index in [1.807, 2.05) is 18.4 Å². The van der Waals surface area contributed by atoms with Gasteiger partial charge < -0.3 is 10.1 Å². The number of benzene rings is 2. The number of nitrogens with one attached hydrogen (secondary N) is 1. The van der Waals surface area contributed by atoms with Gasteiger partial charge in [-0.05, 0) is 55.5 Å². The number of aryl methyl sites for hydroxylation is 2. The second-order valence-corrected chi connectivity index (χ2v) is 7.53. The van der Waals surface area contributed by atoms with E-state index in [9.17, 15) is 9.18 Å². The summed E-state index contributed by atoms with van der Waals surface area (Å²) < 4.78 is 18.8. The molecule has 0 aliphatic heterocycles. The normalized spacial score (nSPS) is 11.9. The maximum absolute atomic E-state index is 13.2. The van der Waals surface area contributed by atoms with Crippen LogP contribution in [-0.2, 0) is 6.61 Å². The summed E-state index contributed by atoms with van der Waals surface area (Å²) >= 11 is 1.37. The summed E-state index contributed by atoms with van der Waals surface area (Å²) in [5.41, 5.74) is 4.36. The van der Waals surface area contributed by atoms with Crippen molar-refractivity contribution in [3.63, 3.8) is 0 Å². The van der Waals surface area contributed by atoms with Crippen LogP contribution >= 0.6 is 11.3 Å². The Morgan fingerprint density at radius 1 is 1.19 bits per heavy atom. The van der Waals surface area contributed by atoms with Crippen LogP contribution in [0.25, 0.3) is 0 Å². The van der Waals surface area contributed by atoms with Crippen LogP contribution in [-0.4, -0.2) is 5.91 Å². The Morgan fingerprint density at radius 2 is 2.00 bits per heavy atom. The predicted molar refractivity (Wildman–Crippen MR) is 107 cm³/mol. The van der Waals surface area contributed by atoms with Crippen molar-refractivity contribution >= 4 is 17.2 Å². The lowest BCUT2D eigenvalue weighted by molar-refractivity contribution is 0.0944. The molecule has 5 heteroatoms. The average molecular weight is 383 g/mol. The zero-order valence-corrected chi connectivity index (χ0v) is 16.4. The van der Waals surface area contributed by atoms with E-state index < -0.39 is 0 Å². The Morgan fingerprint density at radius 3 is 2.74 bits per heavy atom. The lowest BCUT2D eigenvalue weighted by Crippen LogP contribution is -2.26. The molecular formula is C22H22FNO2S. The van der Waals surface area contributed by atoms with E-state index in [1.54, 1.807) is 12.1 Å². The van der Waals surface area contributed by atoms with Crippen molar-refractivity contribution in [2.24, 2.45) is 0 Å². The predicted octanol–water partition coefficient (Wildman–Crippen LogP) is 5.57. The monoisotopic (exact) mass is 383 g/mol. The molecule has 3 nitrogen and oxygen atoms in total. The molecule has 1 unspecified atom stereocenters. The minimum absolute atomic E-state index is 0.0767. The van der Waals surface area contributed by atoms with Crippen molar-refractivity contribution in [2.75, 3.05) is 0 Å². The molecule has 1 aromatic heterocycles. The van der Waals surface area contributed by atoms with Crippen molar-refractivity contribution < 1.29 is 13.9 Å². The van der Waals surface area contributed by atoms with Gasteiger partial charge in [0.1, 0.15) is 18.2 Å². The number of amides is 1. The van der Waals surface area contributed by atoms with Crippen LogP contribution in [0, 0.1) is 19.7 Å². The maximum Gasteiger partial charge on any atom is 0.261 e. The fourth-order valence-corrected chi connectivity index (χ4v) is 3.75. The van der Waals surface area contributed by atoms with Crippen molar-refractivity contribution in [3.05, 3.63) is 86.9 Å². The highest BCUT2D eigenvalue weighted by Crippen LogP contribution is 2.22. The molecule has 0 spiro atoms. The standard InChI is InChI=1S/C22H22FNO2S/c1-14-7-8-20(15(2)9-14)16(3)24-22(25)21-10-17(13-27-21)12-26-19-6-4-5-18(23)11-19/h4-11,13,16H,12H2,1-3H3,(H,24,25). The van der Waals surface area contributed by atoms with Crippen LogP contribution in [0.15, 0.2) is 53.9 Å². The first-order chi connectivity index (χ1) is 12.9. The summed E-state index contributed by atoms with van der Waals surface area (Å²) in [4.78, 5) is 13.2. The minimum atomic E-state index is -0.335. The molecule has 0 saturated heterocycles. The van der Waals surface area contributed by atoms with E-state index in [4.69, 9.17) is 4.74 Å². The number of carbonyl (C=O) groups excluding carboxylic acids is 1. The Kier molecular flexibility index (Phi) is 5.91. The minimum Gasteiger partial charge on any atom is -0.489 e. The first kappa shape index (κ1) is 19.1. The van der Waals surface area contributed by atoms with Crippen molar-refractivity contribution in [1.82, 2.24) is 5.32 Å². The second-order valence-electron chi connectivity index (χ2n) is 6.62. The summed E-state index contributed by atoms with van der Waals surface area (Å²) in [5, 5.41) is 4.93. The SMILES string of the molecule is Cc1ccc(C(C)NC(=O)c2cc(COc3cccc(F)c3)cs2)c(C)c1. The van der Waals surface area contributed by atoms with Gasteiger partial charge in [0.2, 0.25) is 0 Å². The number of carbonyl (C=O) groups is 1. The fraction of sp³-hybridized carbons (Fsp3) is 0.227. The van der Waals surface area contributed by atoms with E-state index >= 15 is 0 Å². The van der Waals surface area contributed by atoms with Gasteiger partial charge in [-0.3, -0.25) is 4.79 Å². The van der Waals surface area contributed by atoms with E-state index in [0.29, 0.717) is 17.2 Å². The molecule has 1 amide bonds. The Labute approximate surface area is 162 Å². The molecule has 1 atom stereocenters. The van der Waals surface area contributed by atoms with Crippen LogP contribution in [0.5, 0.6) is 5.75 Å². The quantitative estimate of drug-likeness (QED) is 0.604. The van der Waals surface area contributed by atoms with Crippen LogP contribution in [0.3, 0.4) is 0 Å². The van der Waals surface area contributed by atoms with Crippen LogP contribution < -0.4 is 10.1 Å². The number of halogens is 1. The van der Waals surface area contributed by atoms with E-state index in [0.717, 1.165) is 16.7 Å². The Balaban J connectivity index is 1.61. The molecule has 0 fully saturated rings. The summed E-state index contributed by atoms with van der Waals surface area (Å²) in [6.45, 7) is 6.38. The van der Waals surface area contributed by atoms with Gasteiger partial charge in [-0.15, -0.1) is 11.3 Å². The first-order valence-corrected chi connectivity index (χ1v) is 9.64. The summed E-state index contributed by atoms with van der Waals surface area (Å²) in [5.74, 6) is 0.0263. The third-order valence-electron chi connectivity index (χ3n) is 4.32. The maximum atomic E-state index is 13.2. The molecule has 0 aliphatic rings. The number of hydrogen-bond acceptors (Lipinski definition) is 3. The number of hydrogen-bond donors (Lipinski definition) is 1. The molecule has 1 heterocycles. The van der Waals surface area contributed by atoms with Gasteiger partial charge >= 0.3 is 0 Å². The van der Waals surface area contributed by atoms with Gasteiger partial charge in [-0.25, -0.2) is 4.39 Å². The summed E-state index contributed by atoms with van der Waals surface area (Å²) in [6, 6.07) is 14.0. The molecule has 2 aromatic carbocycles. The zero-order valence-electron chi connectivity index (χ0n) is 15.6. The zero-order chi connectivity index (χ0) is 19.4. The van der Waals surface area contributed by atoms with Gasteiger partial charge in [0.05, 0.1) is 10.9 Å². The molecule has 0 radical (unpaired) electrons. The first-order valence-electron chi connectivity index (χ1n) is 8.76. The van der Waals surface area contributed by atoms with Crippen molar-refractivity contribution in [3.8, 4) is 5.75 Å². The molecule has 3 rings (SSSR count). The van der Waals surface area contributed by atoms with Gasteiger partial charge in [-0.2, -0.15) is 0 Å². The van der Waals surface area contributed by atoms with E-state index in [2.05, 4.69) is 37.4 Å². The van der Waals surface area contributed by atoms with Gasteiger partial charge in [0, 0.05) is 11.6 Å². The number of rotatable bonds is 6. The van der Waals surface area contributed by atoms with Gasteiger partial charge in [-0.1, -0.05) is 29.8 Å². The van der Waals surface area contributed by atoms with Crippen LogP contribution in [0.1, 0.15) is 44.9 Å². The van der Waals surface area contributed by atoms with Crippen LogP contribution in [0.4, 0.5) is 4.39 Å². The lowest BCUT2D eigenvalue weighted by atomic mass is 10.0. The molecule has 140 valence electrons. The highest BCUT2D eigenvalue weighted by molar-refractivity contribution is 7.12. The molecule has 1 N–H and O–H groups in total. The molecule has 27 heavy (non-hydrogen) atoms. The average Bonchev–Trinajstić information content (AvgIpc) is 3.09. The molecule has 3 aromatic rings. The fourth-order valence-electron chi connectivity index (χ4n) is 2.95. The third kappa shape index (κ3) is 4.95. The number of thiophene rings is 1. The highest BCUT2D eigenvalue weighted by atomic mass is 32.1. The van der Waals surface area contributed by atoms with Gasteiger partial charge in [0.15, 0.2) is 0 Å². The lowest BCUT2D eigenvalue weighted by Gasteiger charge is -2.16. The Hall–Kier alpha value is -2.66. The summed E-state index contributed by atoms with van der Waals surface area (Å²) in [7, 11) is 0. The van der Waals surface area contributed by atoms with E-state index in [-0.39, 0.29) is 17.8 Å². The van der Waals surface area contributed by atoms with Crippen molar-refractivity contribution in [2.45, 2.75) is 33.4 Å². The highest BCUT2D eigenvalue weighted by Gasteiger charge is 2.15. The summed E-state index contributed by atoms with van der Waals surface area (Å²) in [6.07, 6.45) is 0. The molecule has 0 aliphatic carbocycles. The van der Waals surface area contributed by atoms with Crippen LogP contribution in [0.2, 0.25) is 0 Å².